The number of hydrogen-bond donors (Lipinski definition) is 3. The number of H-pyrrole nitrogens is 1. The van der Waals surface area contributed by atoms with E-state index in [0.29, 0.717) is 0 Å². The van der Waals surface area contributed by atoms with Crippen molar-refractivity contribution < 1.29 is 18.3 Å². The van der Waals surface area contributed by atoms with Crippen LogP contribution in [0.25, 0.3) is 0 Å². The largest absolute Gasteiger partial charge is 0.435 e. The van der Waals surface area contributed by atoms with Gasteiger partial charge >= 0.3 is 6.18 Å². The smallest absolute Gasteiger partial charge is 0.387 e. The van der Waals surface area contributed by atoms with E-state index in [4.69, 9.17) is 5.73 Å². The summed E-state index contributed by atoms with van der Waals surface area (Å²) in [7, 11) is 0. The average Bonchev–Trinajstić information content (AvgIpc) is 2.51. The van der Waals surface area contributed by atoms with E-state index in [1.54, 1.807) is 0 Å². The zero-order valence-electron chi connectivity index (χ0n) is 7.17. The van der Waals surface area contributed by atoms with Crippen molar-refractivity contribution >= 4 is 0 Å². The summed E-state index contributed by atoms with van der Waals surface area (Å²) in [6.45, 7) is 0.196. The lowest BCUT2D eigenvalue weighted by molar-refractivity contribution is -0.141. The van der Waals surface area contributed by atoms with Crippen molar-refractivity contribution in [2.24, 2.45) is 5.73 Å². The molecule has 14 heavy (non-hydrogen) atoms. The number of halogens is 3. The molecule has 0 saturated carbocycles. The number of hydrogen-bond acceptors (Lipinski definition) is 3. The molecular formula is C7H10F3N3O. The highest BCUT2D eigenvalue weighted by atomic mass is 19.4. The topological polar surface area (TPSA) is 74.9 Å². The number of alkyl halides is 3. The van der Waals surface area contributed by atoms with Gasteiger partial charge in [-0.15, -0.1) is 0 Å². The number of aliphatic hydroxyl groups excluding tert-OH is 1. The molecule has 0 fully saturated rings. The second kappa shape index (κ2) is 3.97. The summed E-state index contributed by atoms with van der Waals surface area (Å²) in [6.07, 6.45) is -5.32. The summed E-state index contributed by atoms with van der Waals surface area (Å²) in [4.78, 5) is 0. The molecule has 0 unspecified atom stereocenters. The summed E-state index contributed by atoms with van der Waals surface area (Å²) < 4.78 is 36.2. The van der Waals surface area contributed by atoms with Gasteiger partial charge in [-0.25, -0.2) is 0 Å². The molecule has 0 aliphatic heterocycles. The molecule has 0 amide bonds. The molecule has 0 aliphatic rings. The fraction of sp³-hybridized carbons (Fsp3) is 0.571. The van der Waals surface area contributed by atoms with Gasteiger partial charge in [0.25, 0.3) is 0 Å². The van der Waals surface area contributed by atoms with E-state index in [9.17, 15) is 18.3 Å². The first-order valence-corrected chi connectivity index (χ1v) is 3.95. The van der Waals surface area contributed by atoms with Crippen LogP contribution in [0.1, 0.15) is 23.9 Å². The van der Waals surface area contributed by atoms with Crippen LogP contribution in [0.5, 0.6) is 0 Å². The van der Waals surface area contributed by atoms with Crippen molar-refractivity contribution in [2.75, 3.05) is 6.54 Å². The van der Waals surface area contributed by atoms with Crippen molar-refractivity contribution in [3.63, 3.8) is 0 Å². The minimum atomic E-state index is -4.49. The van der Waals surface area contributed by atoms with Crippen molar-refractivity contribution in [3.05, 3.63) is 17.5 Å². The highest BCUT2D eigenvalue weighted by Crippen LogP contribution is 2.29. The number of aliphatic hydroxyl groups is 1. The van der Waals surface area contributed by atoms with Gasteiger partial charge in [-0.2, -0.15) is 18.3 Å². The molecule has 4 N–H and O–H groups in total. The quantitative estimate of drug-likeness (QED) is 0.689. The maximum absolute atomic E-state index is 12.1. The molecular weight excluding hydrogens is 199 g/mol. The zero-order chi connectivity index (χ0) is 10.8. The Morgan fingerprint density at radius 1 is 1.57 bits per heavy atom. The Morgan fingerprint density at radius 3 is 2.64 bits per heavy atom. The van der Waals surface area contributed by atoms with Crippen molar-refractivity contribution in [1.29, 1.82) is 0 Å². The van der Waals surface area contributed by atoms with E-state index < -0.39 is 18.0 Å². The Labute approximate surface area is 77.9 Å². The SMILES string of the molecule is NCC[C@@H](O)c1cc(C(F)(F)F)n[nH]1. The molecule has 0 spiro atoms. The molecule has 80 valence electrons. The average molecular weight is 209 g/mol. The molecule has 0 aromatic carbocycles. The second-order valence-electron chi connectivity index (χ2n) is 2.80. The molecule has 0 bridgehead atoms. The molecule has 1 aromatic heterocycles. The molecule has 4 nitrogen and oxygen atoms in total. The normalized spacial score (nSPS) is 14.4. The van der Waals surface area contributed by atoms with E-state index in [2.05, 4.69) is 10.2 Å². The van der Waals surface area contributed by atoms with Gasteiger partial charge in [0.2, 0.25) is 0 Å². The number of aromatic amines is 1. The molecule has 0 saturated heterocycles. The Bertz CT molecular complexity index is 297. The van der Waals surface area contributed by atoms with Gasteiger partial charge in [-0.05, 0) is 19.0 Å². The lowest BCUT2D eigenvalue weighted by Crippen LogP contribution is -2.07. The van der Waals surface area contributed by atoms with Crippen LogP contribution in [0.2, 0.25) is 0 Å². The van der Waals surface area contributed by atoms with Crippen molar-refractivity contribution in [2.45, 2.75) is 18.7 Å². The maximum Gasteiger partial charge on any atom is 0.435 e. The highest BCUT2D eigenvalue weighted by Gasteiger charge is 2.34. The second-order valence-corrected chi connectivity index (χ2v) is 2.80. The van der Waals surface area contributed by atoms with Crippen LogP contribution in [0.15, 0.2) is 6.07 Å². The fourth-order valence-electron chi connectivity index (χ4n) is 0.966. The molecule has 1 atom stereocenters. The fourth-order valence-corrected chi connectivity index (χ4v) is 0.966. The first kappa shape index (κ1) is 11.0. The van der Waals surface area contributed by atoms with E-state index in [0.717, 1.165) is 6.07 Å². The van der Waals surface area contributed by atoms with Gasteiger partial charge in [0.15, 0.2) is 5.69 Å². The Morgan fingerprint density at radius 2 is 2.21 bits per heavy atom. The molecule has 0 radical (unpaired) electrons. The lowest BCUT2D eigenvalue weighted by atomic mass is 10.2. The Kier molecular flexibility index (Phi) is 3.12. The van der Waals surface area contributed by atoms with Gasteiger partial charge in [0.05, 0.1) is 11.8 Å². The Hall–Kier alpha value is -1.08. The van der Waals surface area contributed by atoms with Crippen LogP contribution in [0.4, 0.5) is 13.2 Å². The standard InChI is InChI=1S/C7H10F3N3O/c8-7(9,10)6-3-4(12-13-6)5(14)1-2-11/h3,5,14H,1-2,11H2,(H,12,13)/t5-/m1/s1. The van der Waals surface area contributed by atoms with E-state index in [1.807, 2.05) is 0 Å². The number of nitrogens with two attached hydrogens (primary N) is 1. The monoisotopic (exact) mass is 209 g/mol. The summed E-state index contributed by atoms with van der Waals surface area (Å²) in [5.41, 5.74) is 4.13. The summed E-state index contributed by atoms with van der Waals surface area (Å²) in [6, 6.07) is 0.778. The zero-order valence-corrected chi connectivity index (χ0v) is 7.17. The predicted molar refractivity (Wildman–Crippen MR) is 42.2 cm³/mol. The van der Waals surface area contributed by atoms with Gasteiger partial charge in [-0.1, -0.05) is 0 Å². The number of aromatic nitrogens is 2. The van der Waals surface area contributed by atoms with E-state index >= 15 is 0 Å². The van der Waals surface area contributed by atoms with Gasteiger partial charge in [-0.3, -0.25) is 5.10 Å². The lowest BCUT2D eigenvalue weighted by Gasteiger charge is -2.04. The third-order valence-corrected chi connectivity index (χ3v) is 1.69. The summed E-state index contributed by atoms with van der Waals surface area (Å²) in [5, 5.41) is 14.4. The van der Waals surface area contributed by atoms with Crippen LogP contribution in [0, 0.1) is 0 Å². The third-order valence-electron chi connectivity index (χ3n) is 1.69. The molecule has 1 aromatic rings. The van der Waals surface area contributed by atoms with Crippen LogP contribution >= 0.6 is 0 Å². The van der Waals surface area contributed by atoms with E-state index in [1.165, 1.54) is 0 Å². The predicted octanol–water partition coefficient (Wildman–Crippen LogP) is 0.811. The first-order valence-electron chi connectivity index (χ1n) is 3.95. The molecule has 0 aliphatic carbocycles. The molecule has 1 rings (SSSR count). The number of rotatable bonds is 3. The Balaban J connectivity index is 2.78. The van der Waals surface area contributed by atoms with Crippen molar-refractivity contribution in [1.82, 2.24) is 10.2 Å². The van der Waals surface area contributed by atoms with Crippen LogP contribution < -0.4 is 5.73 Å². The minimum absolute atomic E-state index is 0.0303. The van der Waals surface area contributed by atoms with Gasteiger partial charge in [0, 0.05) is 0 Å². The minimum Gasteiger partial charge on any atom is -0.387 e. The van der Waals surface area contributed by atoms with Gasteiger partial charge < -0.3 is 10.8 Å². The number of nitrogens with one attached hydrogen (secondary N) is 1. The highest BCUT2D eigenvalue weighted by molar-refractivity contribution is 5.13. The first-order chi connectivity index (χ1) is 6.45. The van der Waals surface area contributed by atoms with Gasteiger partial charge in [0.1, 0.15) is 0 Å². The maximum atomic E-state index is 12.1. The van der Waals surface area contributed by atoms with E-state index in [-0.39, 0.29) is 18.7 Å². The van der Waals surface area contributed by atoms with Crippen LogP contribution in [0.3, 0.4) is 0 Å². The summed E-state index contributed by atoms with van der Waals surface area (Å²) in [5.74, 6) is 0. The molecule has 7 heteroatoms. The van der Waals surface area contributed by atoms with Crippen molar-refractivity contribution in [3.8, 4) is 0 Å². The summed E-state index contributed by atoms with van der Waals surface area (Å²) >= 11 is 0. The molecule has 1 heterocycles. The number of nitrogens with zero attached hydrogens (tertiary/aromatic N) is 1. The van der Waals surface area contributed by atoms with Crippen LogP contribution in [-0.2, 0) is 6.18 Å². The third kappa shape index (κ3) is 2.46. The van der Waals surface area contributed by atoms with Crippen LogP contribution in [-0.4, -0.2) is 21.8 Å².